The average molecular weight is 386 g/mol. The normalized spacial score (nSPS) is 16.1. The summed E-state index contributed by atoms with van der Waals surface area (Å²) in [4.78, 5) is 22.2. The number of anilines is 1. The van der Waals surface area contributed by atoms with Crippen LogP contribution in [0, 0.1) is 5.92 Å². The van der Waals surface area contributed by atoms with Crippen molar-refractivity contribution >= 4 is 17.4 Å². The number of aryl methyl sites for hydroxylation is 1. The Bertz CT molecular complexity index is 805. The second kappa shape index (κ2) is 8.95. The summed E-state index contributed by atoms with van der Waals surface area (Å²) in [6.45, 7) is 9.68. The third kappa shape index (κ3) is 4.66. The van der Waals surface area contributed by atoms with Gasteiger partial charge in [-0.05, 0) is 63.9 Å². The predicted octanol–water partition coefficient (Wildman–Crippen LogP) is 3.20. The Morgan fingerprint density at radius 1 is 1.32 bits per heavy atom. The minimum absolute atomic E-state index is 0.0129. The predicted molar refractivity (Wildman–Crippen MR) is 115 cm³/mol. The number of imidazole rings is 1. The maximum absolute atomic E-state index is 12.8. The van der Waals surface area contributed by atoms with Gasteiger partial charge in [0.2, 0.25) is 0 Å². The van der Waals surface area contributed by atoms with E-state index in [1.165, 1.54) is 0 Å². The minimum atomic E-state index is 0.0129. The van der Waals surface area contributed by atoms with Crippen molar-refractivity contribution in [2.75, 3.05) is 38.6 Å². The Labute approximate surface area is 168 Å². The molecule has 1 saturated heterocycles. The summed E-state index contributed by atoms with van der Waals surface area (Å²) in [7, 11) is 4.25. The van der Waals surface area contributed by atoms with Crippen LogP contribution in [0.4, 0.5) is 5.82 Å². The van der Waals surface area contributed by atoms with E-state index in [0.717, 1.165) is 62.5 Å². The molecular weight excluding hydrogens is 350 g/mol. The molecule has 0 aliphatic carbocycles. The van der Waals surface area contributed by atoms with Crippen LogP contribution in [0.25, 0.3) is 5.65 Å². The van der Waals surface area contributed by atoms with Crippen LogP contribution in [0.3, 0.4) is 0 Å². The first-order valence-corrected chi connectivity index (χ1v) is 10.6. The number of amides is 1. The zero-order chi connectivity index (χ0) is 20.3. The van der Waals surface area contributed by atoms with Gasteiger partial charge < -0.3 is 15.1 Å². The van der Waals surface area contributed by atoms with E-state index < -0.39 is 0 Å². The summed E-state index contributed by atoms with van der Waals surface area (Å²) in [6.07, 6.45) is 5.98. The maximum atomic E-state index is 12.8. The number of hydrogen-bond acceptors (Lipinski definition) is 4. The van der Waals surface area contributed by atoms with Crippen molar-refractivity contribution in [2.24, 2.45) is 5.92 Å². The highest BCUT2D eigenvalue weighted by Crippen LogP contribution is 2.24. The standard InChI is InChI=1S/C22H35N5O/c1-6-19-22(26(5)14-9-16(2)3)27-15-17(7-8-20(27)24-19)21(28)23-18-10-12-25(4)13-11-18/h7-8,15-16,18H,6,9-14H2,1-5H3,(H,23,28). The number of rotatable bonds is 7. The lowest BCUT2D eigenvalue weighted by Crippen LogP contribution is -2.43. The highest BCUT2D eigenvalue weighted by molar-refractivity contribution is 5.94. The molecule has 0 aromatic carbocycles. The first-order valence-electron chi connectivity index (χ1n) is 10.6. The molecule has 0 saturated carbocycles. The van der Waals surface area contributed by atoms with Gasteiger partial charge in [0.15, 0.2) is 0 Å². The van der Waals surface area contributed by atoms with Crippen molar-refractivity contribution in [2.45, 2.75) is 52.5 Å². The Morgan fingerprint density at radius 3 is 2.68 bits per heavy atom. The van der Waals surface area contributed by atoms with Crippen molar-refractivity contribution in [1.82, 2.24) is 19.6 Å². The van der Waals surface area contributed by atoms with Crippen molar-refractivity contribution in [1.29, 1.82) is 0 Å². The summed E-state index contributed by atoms with van der Waals surface area (Å²) < 4.78 is 2.09. The second-order valence-electron chi connectivity index (χ2n) is 8.54. The van der Waals surface area contributed by atoms with Crippen LogP contribution in [0.5, 0.6) is 0 Å². The number of pyridine rings is 1. The lowest BCUT2D eigenvalue weighted by atomic mass is 10.1. The van der Waals surface area contributed by atoms with Gasteiger partial charge in [-0.25, -0.2) is 4.98 Å². The van der Waals surface area contributed by atoms with Gasteiger partial charge in [0, 0.05) is 25.8 Å². The molecule has 1 N–H and O–H groups in total. The molecule has 1 aliphatic rings. The number of carbonyl (C=O) groups excluding carboxylic acids is 1. The van der Waals surface area contributed by atoms with E-state index in [1.807, 2.05) is 18.3 Å². The molecule has 2 aromatic heterocycles. The average Bonchev–Trinajstić information content (AvgIpc) is 3.05. The number of piperidine rings is 1. The molecule has 6 heteroatoms. The van der Waals surface area contributed by atoms with E-state index in [0.29, 0.717) is 11.5 Å². The molecule has 0 spiro atoms. The number of hydrogen-bond donors (Lipinski definition) is 1. The van der Waals surface area contributed by atoms with Crippen LogP contribution in [0.15, 0.2) is 18.3 Å². The summed E-state index contributed by atoms with van der Waals surface area (Å²) >= 11 is 0. The van der Waals surface area contributed by atoms with Gasteiger partial charge in [-0.3, -0.25) is 9.20 Å². The summed E-state index contributed by atoms with van der Waals surface area (Å²) in [5.74, 6) is 1.77. The molecule has 154 valence electrons. The summed E-state index contributed by atoms with van der Waals surface area (Å²) in [6, 6.07) is 4.12. The van der Waals surface area contributed by atoms with Gasteiger partial charge in [-0.1, -0.05) is 20.8 Å². The summed E-state index contributed by atoms with van der Waals surface area (Å²) in [5.41, 5.74) is 2.68. The van der Waals surface area contributed by atoms with E-state index in [4.69, 9.17) is 4.98 Å². The molecule has 28 heavy (non-hydrogen) atoms. The SMILES string of the molecule is CCc1nc2ccc(C(=O)NC3CCN(C)CC3)cn2c1N(C)CCC(C)C. The molecule has 0 atom stereocenters. The van der Waals surface area contributed by atoms with Gasteiger partial charge in [0.1, 0.15) is 11.5 Å². The van der Waals surface area contributed by atoms with Gasteiger partial charge in [-0.2, -0.15) is 0 Å². The zero-order valence-corrected chi connectivity index (χ0v) is 18.0. The summed E-state index contributed by atoms with van der Waals surface area (Å²) in [5, 5.41) is 3.22. The van der Waals surface area contributed by atoms with E-state index in [9.17, 15) is 4.79 Å². The molecule has 3 rings (SSSR count). The van der Waals surface area contributed by atoms with Gasteiger partial charge in [-0.15, -0.1) is 0 Å². The molecule has 1 aliphatic heterocycles. The smallest absolute Gasteiger partial charge is 0.252 e. The number of nitrogens with one attached hydrogen (secondary N) is 1. The Kier molecular flexibility index (Phi) is 6.60. The number of likely N-dealkylation sites (tertiary alicyclic amines) is 1. The first-order chi connectivity index (χ1) is 13.4. The zero-order valence-electron chi connectivity index (χ0n) is 18.0. The lowest BCUT2D eigenvalue weighted by molar-refractivity contribution is 0.0916. The van der Waals surface area contributed by atoms with E-state index in [-0.39, 0.29) is 11.9 Å². The monoisotopic (exact) mass is 385 g/mol. The molecule has 3 heterocycles. The van der Waals surface area contributed by atoms with Crippen LogP contribution in [-0.2, 0) is 6.42 Å². The van der Waals surface area contributed by atoms with Crippen LogP contribution >= 0.6 is 0 Å². The molecule has 6 nitrogen and oxygen atoms in total. The van der Waals surface area contributed by atoms with Crippen molar-refractivity contribution in [3.63, 3.8) is 0 Å². The molecule has 2 aromatic rings. The Hall–Kier alpha value is -2.08. The molecule has 0 radical (unpaired) electrons. The number of fused-ring (bicyclic) bond motifs is 1. The Morgan fingerprint density at radius 2 is 2.04 bits per heavy atom. The molecular formula is C22H35N5O. The fourth-order valence-corrected chi connectivity index (χ4v) is 3.84. The van der Waals surface area contributed by atoms with Gasteiger partial charge in [0.05, 0.1) is 11.3 Å². The number of nitrogens with zero attached hydrogens (tertiary/aromatic N) is 4. The minimum Gasteiger partial charge on any atom is -0.359 e. The highest BCUT2D eigenvalue weighted by Gasteiger charge is 2.21. The third-order valence-electron chi connectivity index (χ3n) is 5.72. The van der Waals surface area contributed by atoms with Crippen LogP contribution in [0.2, 0.25) is 0 Å². The molecule has 0 bridgehead atoms. The fraction of sp³-hybridized carbons (Fsp3) is 0.636. The third-order valence-corrected chi connectivity index (χ3v) is 5.72. The van der Waals surface area contributed by atoms with E-state index >= 15 is 0 Å². The fourth-order valence-electron chi connectivity index (χ4n) is 3.84. The second-order valence-corrected chi connectivity index (χ2v) is 8.54. The highest BCUT2D eigenvalue weighted by atomic mass is 16.1. The van der Waals surface area contributed by atoms with Crippen LogP contribution in [-0.4, -0.2) is 60.0 Å². The van der Waals surface area contributed by atoms with Crippen LogP contribution < -0.4 is 10.2 Å². The number of aromatic nitrogens is 2. The van der Waals surface area contributed by atoms with Crippen molar-refractivity contribution in [3.05, 3.63) is 29.6 Å². The molecule has 1 fully saturated rings. The van der Waals surface area contributed by atoms with Crippen LogP contribution in [0.1, 0.15) is 56.1 Å². The lowest BCUT2D eigenvalue weighted by Gasteiger charge is -2.29. The number of carbonyl (C=O) groups is 1. The van der Waals surface area contributed by atoms with Crippen molar-refractivity contribution < 1.29 is 4.79 Å². The van der Waals surface area contributed by atoms with E-state index in [1.54, 1.807) is 0 Å². The molecule has 1 amide bonds. The maximum Gasteiger partial charge on any atom is 0.252 e. The van der Waals surface area contributed by atoms with Gasteiger partial charge >= 0.3 is 0 Å². The quantitative estimate of drug-likeness (QED) is 0.795. The first kappa shape index (κ1) is 20.6. The largest absolute Gasteiger partial charge is 0.359 e. The molecule has 0 unspecified atom stereocenters. The van der Waals surface area contributed by atoms with Gasteiger partial charge in [0.25, 0.3) is 5.91 Å². The van der Waals surface area contributed by atoms with E-state index in [2.05, 4.69) is 54.4 Å². The van der Waals surface area contributed by atoms with Crippen molar-refractivity contribution in [3.8, 4) is 0 Å². The topological polar surface area (TPSA) is 52.9 Å². The Balaban J connectivity index is 1.83.